The van der Waals surface area contributed by atoms with E-state index in [1.54, 1.807) is 6.07 Å². The van der Waals surface area contributed by atoms with Gasteiger partial charge in [0.2, 0.25) is 0 Å². The first-order chi connectivity index (χ1) is 15.2. The summed E-state index contributed by atoms with van der Waals surface area (Å²) in [5, 5.41) is 3.01. The maximum atomic E-state index is 13.8. The number of amides is 2. The van der Waals surface area contributed by atoms with Crippen molar-refractivity contribution in [2.75, 3.05) is 31.1 Å². The predicted molar refractivity (Wildman–Crippen MR) is 120 cm³/mol. The molecule has 4 aromatic rings. The van der Waals surface area contributed by atoms with Gasteiger partial charge in [0.15, 0.2) is 5.82 Å². The average molecular weight is 417 g/mol. The number of urea groups is 1. The van der Waals surface area contributed by atoms with Crippen LogP contribution in [0.15, 0.2) is 66.9 Å². The number of carbonyl (C=O) groups is 1. The highest BCUT2D eigenvalue weighted by Gasteiger charge is 2.22. The second-order valence-electron chi connectivity index (χ2n) is 7.80. The predicted octanol–water partition coefficient (Wildman–Crippen LogP) is 4.05. The van der Waals surface area contributed by atoms with Gasteiger partial charge in [-0.3, -0.25) is 0 Å². The smallest absolute Gasteiger partial charge is 0.317 e. The molecule has 2 amide bonds. The summed E-state index contributed by atoms with van der Waals surface area (Å²) in [5.41, 5.74) is 3.57. The van der Waals surface area contributed by atoms with Crippen LogP contribution in [0.4, 0.5) is 15.0 Å². The molecule has 1 saturated heterocycles. The lowest BCUT2D eigenvalue weighted by molar-refractivity contribution is 0.201. The Bertz CT molecular complexity index is 1220. The third kappa shape index (κ3) is 3.91. The van der Waals surface area contributed by atoms with Crippen molar-refractivity contribution in [1.82, 2.24) is 19.6 Å². The van der Waals surface area contributed by atoms with E-state index in [-0.39, 0.29) is 11.8 Å². The topological polar surface area (TPSA) is 52.9 Å². The lowest BCUT2D eigenvalue weighted by Gasteiger charge is -2.24. The number of carbonyl (C=O) groups excluding carboxylic acids is 1. The first-order valence-corrected chi connectivity index (χ1v) is 10.6. The van der Waals surface area contributed by atoms with Crippen LogP contribution >= 0.6 is 0 Å². The summed E-state index contributed by atoms with van der Waals surface area (Å²) >= 11 is 0. The molecule has 0 unspecified atom stereocenters. The van der Waals surface area contributed by atoms with E-state index in [9.17, 15) is 9.18 Å². The van der Waals surface area contributed by atoms with Gasteiger partial charge in [0.25, 0.3) is 0 Å². The number of aromatic nitrogens is 2. The molecule has 158 valence electrons. The fourth-order valence-electron chi connectivity index (χ4n) is 4.18. The third-order valence-electron chi connectivity index (χ3n) is 5.77. The van der Waals surface area contributed by atoms with Crippen molar-refractivity contribution in [3.8, 4) is 0 Å². The van der Waals surface area contributed by atoms with Crippen LogP contribution in [-0.2, 0) is 6.54 Å². The molecule has 0 saturated carbocycles. The molecule has 0 spiro atoms. The largest absolute Gasteiger partial charge is 0.353 e. The number of anilines is 1. The molecule has 0 aliphatic carbocycles. The summed E-state index contributed by atoms with van der Waals surface area (Å²) in [6, 6.07) is 18.6. The SMILES string of the molecule is O=C(NCc1ccccc1)N1CCCN(c2nc3cc(F)ccc3n3cccc23)CC1. The second kappa shape index (κ2) is 8.26. The van der Waals surface area contributed by atoms with Gasteiger partial charge in [0, 0.05) is 45.0 Å². The van der Waals surface area contributed by atoms with Crippen LogP contribution in [-0.4, -0.2) is 46.5 Å². The zero-order chi connectivity index (χ0) is 21.2. The van der Waals surface area contributed by atoms with Crippen LogP contribution in [0.25, 0.3) is 16.6 Å². The molecule has 0 atom stereocenters. The number of nitrogens with one attached hydrogen (secondary N) is 1. The van der Waals surface area contributed by atoms with Gasteiger partial charge in [-0.05, 0) is 36.2 Å². The summed E-state index contributed by atoms with van der Waals surface area (Å²) in [6.45, 7) is 3.28. The summed E-state index contributed by atoms with van der Waals surface area (Å²) in [6.07, 6.45) is 2.82. The molecule has 5 rings (SSSR count). The highest BCUT2D eigenvalue weighted by molar-refractivity contribution is 5.85. The molecule has 6 nitrogen and oxygen atoms in total. The van der Waals surface area contributed by atoms with Gasteiger partial charge in [-0.15, -0.1) is 0 Å². The fourth-order valence-corrected chi connectivity index (χ4v) is 4.18. The quantitative estimate of drug-likeness (QED) is 0.547. The lowest BCUT2D eigenvalue weighted by Crippen LogP contribution is -2.41. The highest BCUT2D eigenvalue weighted by Crippen LogP contribution is 2.26. The molecule has 7 heteroatoms. The number of rotatable bonds is 3. The Hall–Kier alpha value is -3.61. The Labute approximate surface area is 179 Å². The second-order valence-corrected chi connectivity index (χ2v) is 7.80. The van der Waals surface area contributed by atoms with Crippen molar-refractivity contribution < 1.29 is 9.18 Å². The minimum absolute atomic E-state index is 0.0490. The van der Waals surface area contributed by atoms with Gasteiger partial charge in [-0.1, -0.05) is 30.3 Å². The molecule has 31 heavy (non-hydrogen) atoms. The number of fused-ring (bicyclic) bond motifs is 3. The Morgan fingerprint density at radius 3 is 2.71 bits per heavy atom. The minimum Gasteiger partial charge on any atom is -0.353 e. The first-order valence-electron chi connectivity index (χ1n) is 10.6. The first kappa shape index (κ1) is 19.4. The molecule has 1 aliphatic heterocycles. The van der Waals surface area contributed by atoms with Crippen LogP contribution in [0.1, 0.15) is 12.0 Å². The molecule has 2 aromatic heterocycles. The molecule has 1 fully saturated rings. The van der Waals surface area contributed by atoms with Crippen molar-refractivity contribution in [1.29, 1.82) is 0 Å². The summed E-state index contributed by atoms with van der Waals surface area (Å²) in [7, 11) is 0. The maximum Gasteiger partial charge on any atom is 0.317 e. The number of hydrogen-bond donors (Lipinski definition) is 1. The fraction of sp³-hybridized carbons (Fsp3) is 0.250. The van der Waals surface area contributed by atoms with Gasteiger partial charge in [-0.25, -0.2) is 14.2 Å². The van der Waals surface area contributed by atoms with E-state index in [2.05, 4.69) is 10.2 Å². The van der Waals surface area contributed by atoms with Gasteiger partial charge in [0.1, 0.15) is 5.82 Å². The molecular formula is C24H24FN5O. The van der Waals surface area contributed by atoms with E-state index in [0.29, 0.717) is 31.7 Å². The van der Waals surface area contributed by atoms with E-state index in [0.717, 1.165) is 35.4 Å². The van der Waals surface area contributed by atoms with E-state index in [1.807, 2.05) is 58.0 Å². The van der Waals surface area contributed by atoms with Crippen molar-refractivity contribution in [2.24, 2.45) is 0 Å². The maximum absolute atomic E-state index is 13.8. The van der Waals surface area contributed by atoms with Crippen molar-refractivity contribution in [2.45, 2.75) is 13.0 Å². The normalized spacial score (nSPS) is 14.7. The Morgan fingerprint density at radius 1 is 0.968 bits per heavy atom. The van der Waals surface area contributed by atoms with E-state index >= 15 is 0 Å². The van der Waals surface area contributed by atoms with Gasteiger partial charge >= 0.3 is 6.03 Å². The highest BCUT2D eigenvalue weighted by atomic mass is 19.1. The van der Waals surface area contributed by atoms with Crippen LogP contribution in [0.2, 0.25) is 0 Å². The van der Waals surface area contributed by atoms with Crippen molar-refractivity contribution >= 4 is 28.4 Å². The Morgan fingerprint density at radius 2 is 1.84 bits per heavy atom. The van der Waals surface area contributed by atoms with E-state index in [1.165, 1.54) is 12.1 Å². The molecule has 2 aromatic carbocycles. The molecule has 3 heterocycles. The number of benzene rings is 2. The number of halogens is 1. The minimum atomic E-state index is -0.297. The zero-order valence-corrected chi connectivity index (χ0v) is 17.2. The Balaban J connectivity index is 1.34. The summed E-state index contributed by atoms with van der Waals surface area (Å²) < 4.78 is 15.9. The van der Waals surface area contributed by atoms with Crippen LogP contribution in [0.5, 0.6) is 0 Å². The lowest BCUT2D eigenvalue weighted by atomic mass is 10.2. The number of nitrogens with zero attached hydrogens (tertiary/aromatic N) is 4. The van der Waals surface area contributed by atoms with Crippen LogP contribution < -0.4 is 10.2 Å². The molecule has 1 aliphatic rings. The van der Waals surface area contributed by atoms with Crippen molar-refractivity contribution in [3.05, 3.63) is 78.2 Å². The molecule has 0 bridgehead atoms. The van der Waals surface area contributed by atoms with Gasteiger partial charge in [0.05, 0.1) is 16.6 Å². The average Bonchev–Trinajstić information content (AvgIpc) is 3.15. The van der Waals surface area contributed by atoms with Crippen LogP contribution in [0, 0.1) is 5.82 Å². The summed E-state index contributed by atoms with van der Waals surface area (Å²) in [4.78, 5) is 21.5. The molecular weight excluding hydrogens is 393 g/mol. The Kier molecular flexibility index (Phi) is 5.16. The van der Waals surface area contributed by atoms with E-state index in [4.69, 9.17) is 4.98 Å². The van der Waals surface area contributed by atoms with Crippen LogP contribution in [0.3, 0.4) is 0 Å². The number of hydrogen-bond acceptors (Lipinski definition) is 3. The van der Waals surface area contributed by atoms with Crippen molar-refractivity contribution in [3.63, 3.8) is 0 Å². The standard InChI is InChI=1S/C24H24FN5O/c25-19-9-10-21-20(16-19)27-23(22-8-4-13-30(21)22)28-11-5-12-29(15-14-28)24(31)26-17-18-6-2-1-3-7-18/h1-4,6-10,13,16H,5,11-12,14-15,17H2,(H,26,31). The summed E-state index contributed by atoms with van der Waals surface area (Å²) in [5.74, 6) is 0.532. The van der Waals surface area contributed by atoms with Gasteiger partial charge in [-0.2, -0.15) is 0 Å². The van der Waals surface area contributed by atoms with Gasteiger partial charge < -0.3 is 19.5 Å². The third-order valence-corrected chi connectivity index (χ3v) is 5.77. The molecule has 1 N–H and O–H groups in total. The zero-order valence-electron chi connectivity index (χ0n) is 17.2. The van der Waals surface area contributed by atoms with E-state index < -0.39 is 0 Å². The monoisotopic (exact) mass is 417 g/mol. The molecule has 0 radical (unpaired) electrons.